The second kappa shape index (κ2) is 5.35. The van der Waals surface area contributed by atoms with Crippen LogP contribution in [0.3, 0.4) is 0 Å². The van der Waals surface area contributed by atoms with Gasteiger partial charge in [-0.2, -0.15) is 4.31 Å². The first-order chi connectivity index (χ1) is 9.89. The highest BCUT2D eigenvalue weighted by Gasteiger charge is 2.38. The van der Waals surface area contributed by atoms with Gasteiger partial charge >= 0.3 is 0 Å². The van der Waals surface area contributed by atoms with E-state index in [0.717, 1.165) is 18.7 Å². The molecular weight excluding hydrogens is 286 g/mol. The summed E-state index contributed by atoms with van der Waals surface area (Å²) in [7, 11) is 0.644. The molecule has 0 bridgehead atoms. The van der Waals surface area contributed by atoms with Crippen LogP contribution in [-0.4, -0.2) is 50.8 Å². The first kappa shape index (κ1) is 15.0. The highest BCUT2D eigenvalue weighted by atomic mass is 32.2. The Hall–Kier alpha value is -0.950. The van der Waals surface area contributed by atoms with Crippen LogP contribution in [0.5, 0.6) is 0 Å². The summed E-state index contributed by atoms with van der Waals surface area (Å²) in [5, 5.41) is 3.25. The van der Waals surface area contributed by atoms with E-state index in [1.54, 1.807) is 10.4 Å². The lowest BCUT2D eigenvalue weighted by molar-refractivity contribution is 0.263. The van der Waals surface area contributed by atoms with Gasteiger partial charge in [0.05, 0.1) is 4.90 Å². The Bertz CT molecular complexity index is 642. The SMILES string of the molecule is CC1CN(S(=O)(=O)c2ccc3c(c2)CNC3)CC1N(C)C. The Balaban J connectivity index is 1.88. The molecule has 1 aromatic rings. The van der Waals surface area contributed by atoms with Crippen molar-refractivity contribution in [3.05, 3.63) is 29.3 Å². The van der Waals surface area contributed by atoms with Crippen molar-refractivity contribution in [2.24, 2.45) is 5.92 Å². The molecule has 2 aliphatic rings. The molecule has 1 aromatic carbocycles. The van der Waals surface area contributed by atoms with Crippen molar-refractivity contribution in [3.63, 3.8) is 0 Å². The molecule has 0 spiro atoms. The van der Waals surface area contributed by atoms with Gasteiger partial charge in [-0.15, -0.1) is 0 Å². The quantitative estimate of drug-likeness (QED) is 0.900. The summed E-state index contributed by atoms with van der Waals surface area (Å²) < 4.78 is 27.3. The van der Waals surface area contributed by atoms with Gasteiger partial charge in [0.15, 0.2) is 0 Å². The number of sulfonamides is 1. The number of hydrogen-bond acceptors (Lipinski definition) is 4. The zero-order valence-corrected chi connectivity index (χ0v) is 13.7. The summed E-state index contributed by atoms with van der Waals surface area (Å²) in [6.07, 6.45) is 0. The predicted octanol–water partition coefficient (Wildman–Crippen LogP) is 0.860. The Labute approximate surface area is 127 Å². The minimum atomic E-state index is -3.38. The zero-order chi connectivity index (χ0) is 15.2. The van der Waals surface area contributed by atoms with E-state index < -0.39 is 10.0 Å². The van der Waals surface area contributed by atoms with Crippen LogP contribution in [0.25, 0.3) is 0 Å². The van der Waals surface area contributed by atoms with Crippen molar-refractivity contribution in [3.8, 4) is 0 Å². The van der Waals surface area contributed by atoms with Gasteiger partial charge in [-0.05, 0) is 43.3 Å². The molecule has 0 amide bonds. The van der Waals surface area contributed by atoms with Crippen molar-refractivity contribution in [1.29, 1.82) is 0 Å². The third-order valence-electron chi connectivity index (χ3n) is 4.65. The van der Waals surface area contributed by atoms with E-state index in [9.17, 15) is 8.42 Å². The normalized spacial score (nSPS) is 26.5. The molecule has 1 N–H and O–H groups in total. The summed E-state index contributed by atoms with van der Waals surface area (Å²) in [5.41, 5.74) is 2.31. The average molecular weight is 309 g/mol. The highest BCUT2D eigenvalue weighted by molar-refractivity contribution is 7.89. The fourth-order valence-electron chi connectivity index (χ4n) is 3.36. The lowest BCUT2D eigenvalue weighted by Gasteiger charge is -2.22. The third kappa shape index (κ3) is 2.61. The number of nitrogens with zero attached hydrogens (tertiary/aromatic N) is 2. The third-order valence-corrected chi connectivity index (χ3v) is 6.48. The van der Waals surface area contributed by atoms with Gasteiger partial charge in [0.2, 0.25) is 10.0 Å². The Morgan fingerprint density at radius 2 is 1.90 bits per heavy atom. The van der Waals surface area contributed by atoms with Crippen LogP contribution in [0.2, 0.25) is 0 Å². The summed E-state index contributed by atoms with van der Waals surface area (Å²) in [4.78, 5) is 2.55. The molecule has 0 saturated carbocycles. The summed E-state index contributed by atoms with van der Waals surface area (Å²) >= 11 is 0. The number of rotatable bonds is 3. The maximum Gasteiger partial charge on any atom is 0.243 e. The Morgan fingerprint density at radius 1 is 1.19 bits per heavy atom. The molecule has 0 radical (unpaired) electrons. The van der Waals surface area contributed by atoms with E-state index in [1.807, 2.05) is 26.2 Å². The Kier molecular flexibility index (Phi) is 3.81. The fraction of sp³-hybridized carbons (Fsp3) is 0.600. The molecule has 1 fully saturated rings. The van der Waals surface area contributed by atoms with E-state index in [-0.39, 0.29) is 6.04 Å². The summed E-state index contributed by atoms with van der Waals surface area (Å²) in [6, 6.07) is 5.80. The molecule has 0 aliphatic carbocycles. The van der Waals surface area contributed by atoms with Crippen LogP contribution in [-0.2, 0) is 23.1 Å². The standard InChI is InChI=1S/C15H23N3O2S/c1-11-9-18(10-15(11)17(2)3)21(19,20)14-5-4-12-7-16-8-13(12)6-14/h4-6,11,15-16H,7-10H2,1-3H3. The van der Waals surface area contributed by atoms with Crippen molar-refractivity contribution >= 4 is 10.0 Å². The molecule has 2 aliphatic heterocycles. The first-order valence-electron chi connectivity index (χ1n) is 7.38. The van der Waals surface area contributed by atoms with Crippen LogP contribution < -0.4 is 5.32 Å². The summed E-state index contributed by atoms with van der Waals surface area (Å²) in [6.45, 7) is 4.88. The smallest absolute Gasteiger partial charge is 0.243 e. The second-order valence-corrected chi connectivity index (χ2v) is 8.30. The van der Waals surface area contributed by atoms with Gasteiger partial charge in [0, 0.05) is 32.2 Å². The van der Waals surface area contributed by atoms with Crippen molar-refractivity contribution in [1.82, 2.24) is 14.5 Å². The monoisotopic (exact) mass is 309 g/mol. The fourth-order valence-corrected chi connectivity index (χ4v) is 4.96. The van der Waals surface area contributed by atoms with E-state index in [0.29, 0.717) is 23.9 Å². The first-order valence-corrected chi connectivity index (χ1v) is 8.82. The molecule has 2 atom stereocenters. The molecule has 6 heteroatoms. The van der Waals surface area contributed by atoms with Crippen LogP contribution in [0.1, 0.15) is 18.1 Å². The molecule has 1 saturated heterocycles. The van der Waals surface area contributed by atoms with E-state index in [1.165, 1.54) is 5.56 Å². The molecule has 21 heavy (non-hydrogen) atoms. The van der Waals surface area contributed by atoms with E-state index in [2.05, 4.69) is 17.1 Å². The number of fused-ring (bicyclic) bond motifs is 1. The van der Waals surface area contributed by atoms with Gasteiger partial charge in [0.25, 0.3) is 0 Å². The van der Waals surface area contributed by atoms with Crippen molar-refractivity contribution < 1.29 is 8.42 Å². The van der Waals surface area contributed by atoms with Crippen LogP contribution in [0.15, 0.2) is 23.1 Å². The van der Waals surface area contributed by atoms with E-state index >= 15 is 0 Å². The maximum atomic E-state index is 12.8. The van der Waals surface area contributed by atoms with Gasteiger partial charge in [-0.25, -0.2) is 8.42 Å². The van der Waals surface area contributed by atoms with Crippen LogP contribution >= 0.6 is 0 Å². The number of likely N-dealkylation sites (N-methyl/N-ethyl adjacent to an activating group) is 1. The number of hydrogen-bond donors (Lipinski definition) is 1. The van der Waals surface area contributed by atoms with Gasteiger partial charge in [-0.3, -0.25) is 0 Å². The van der Waals surface area contributed by atoms with E-state index in [4.69, 9.17) is 0 Å². The molecule has 0 aromatic heterocycles. The molecule has 5 nitrogen and oxygen atoms in total. The predicted molar refractivity (Wildman–Crippen MR) is 82.4 cm³/mol. The average Bonchev–Trinajstić information content (AvgIpc) is 3.03. The minimum absolute atomic E-state index is 0.288. The molecule has 116 valence electrons. The second-order valence-electron chi connectivity index (χ2n) is 6.36. The van der Waals surface area contributed by atoms with Crippen LogP contribution in [0.4, 0.5) is 0 Å². The lowest BCUT2D eigenvalue weighted by Crippen LogP contribution is -2.35. The zero-order valence-electron chi connectivity index (χ0n) is 12.8. The molecule has 3 rings (SSSR count). The van der Waals surface area contributed by atoms with Crippen LogP contribution in [0, 0.1) is 5.92 Å². The van der Waals surface area contributed by atoms with Gasteiger partial charge < -0.3 is 10.2 Å². The van der Waals surface area contributed by atoms with Gasteiger partial charge in [0.1, 0.15) is 0 Å². The number of benzene rings is 1. The molecular formula is C15H23N3O2S. The maximum absolute atomic E-state index is 12.8. The molecule has 2 heterocycles. The minimum Gasteiger partial charge on any atom is -0.309 e. The van der Waals surface area contributed by atoms with Gasteiger partial charge in [-0.1, -0.05) is 13.0 Å². The lowest BCUT2D eigenvalue weighted by atomic mass is 10.1. The van der Waals surface area contributed by atoms with Crippen molar-refractivity contribution in [2.45, 2.75) is 31.0 Å². The highest BCUT2D eigenvalue weighted by Crippen LogP contribution is 2.28. The van der Waals surface area contributed by atoms with Crippen molar-refractivity contribution in [2.75, 3.05) is 27.2 Å². The summed E-state index contributed by atoms with van der Waals surface area (Å²) in [5.74, 6) is 0.353. The Morgan fingerprint density at radius 3 is 2.57 bits per heavy atom. The number of nitrogens with one attached hydrogen (secondary N) is 1. The largest absolute Gasteiger partial charge is 0.309 e. The molecule has 2 unspecified atom stereocenters. The topological polar surface area (TPSA) is 52.7 Å².